The lowest BCUT2D eigenvalue weighted by atomic mass is 9.90. The van der Waals surface area contributed by atoms with E-state index in [0.717, 1.165) is 44.0 Å². The van der Waals surface area contributed by atoms with Gasteiger partial charge in [0.1, 0.15) is 0 Å². The largest absolute Gasteiger partial charge is 0.386 e. The van der Waals surface area contributed by atoms with Crippen LogP contribution >= 0.6 is 0 Å². The van der Waals surface area contributed by atoms with Gasteiger partial charge in [-0.3, -0.25) is 9.79 Å². The quantitative estimate of drug-likeness (QED) is 0.254. The number of rotatable bonds is 12. The molecule has 0 aromatic heterocycles. The summed E-state index contributed by atoms with van der Waals surface area (Å²) in [5.41, 5.74) is 5.87. The van der Waals surface area contributed by atoms with Gasteiger partial charge in [-0.15, -0.1) is 0 Å². The third-order valence-electron chi connectivity index (χ3n) is 6.55. The SMILES string of the molecule is C=C(Cc1cccc(C(C)(F)F)c1)C(=O)CCCCCC1C=Nc2c(NC)cc(C(C)C)cc21. The first-order chi connectivity index (χ1) is 16.1. The van der Waals surface area contributed by atoms with Crippen molar-refractivity contribution in [3.8, 4) is 0 Å². The molecule has 0 radical (unpaired) electrons. The molecule has 0 fully saturated rings. The van der Waals surface area contributed by atoms with Gasteiger partial charge in [0.15, 0.2) is 5.78 Å². The fourth-order valence-electron chi connectivity index (χ4n) is 4.41. The molecule has 2 aromatic carbocycles. The zero-order chi connectivity index (χ0) is 24.9. The standard InChI is InChI=1S/C29H36F2N2O/c1-19(2)23-16-25-22(18-33-28(25)26(17-23)32-5)11-7-6-8-13-27(34)20(3)14-21-10-9-12-24(15-21)29(4,30)31/h9-10,12,15-19,22,32H,3,6-8,11,13-14H2,1-2,4-5H3. The first-order valence-electron chi connectivity index (χ1n) is 12.2. The molecule has 1 atom stereocenters. The van der Waals surface area contributed by atoms with Crippen molar-refractivity contribution in [2.75, 3.05) is 12.4 Å². The molecule has 1 aliphatic heterocycles. The van der Waals surface area contributed by atoms with Crippen molar-refractivity contribution >= 4 is 23.4 Å². The molecule has 0 aliphatic carbocycles. The van der Waals surface area contributed by atoms with Crippen LogP contribution < -0.4 is 5.32 Å². The molecular formula is C29H36F2N2O. The number of allylic oxidation sites excluding steroid dienone is 1. The van der Waals surface area contributed by atoms with Crippen molar-refractivity contribution in [3.63, 3.8) is 0 Å². The van der Waals surface area contributed by atoms with Crippen LogP contribution in [0.5, 0.6) is 0 Å². The van der Waals surface area contributed by atoms with E-state index < -0.39 is 5.92 Å². The molecule has 2 aromatic rings. The first kappa shape index (κ1) is 25.8. The molecule has 34 heavy (non-hydrogen) atoms. The molecule has 0 saturated heterocycles. The van der Waals surface area contributed by atoms with Crippen molar-refractivity contribution in [2.45, 2.75) is 77.1 Å². The molecule has 3 rings (SSSR count). The third-order valence-corrected chi connectivity index (χ3v) is 6.55. The molecule has 0 saturated carbocycles. The maximum atomic E-state index is 13.6. The van der Waals surface area contributed by atoms with E-state index in [9.17, 15) is 13.6 Å². The molecule has 5 heteroatoms. The number of carbonyl (C=O) groups is 1. The number of ketones is 1. The number of halogens is 2. The number of nitrogens with one attached hydrogen (secondary N) is 1. The Bertz CT molecular complexity index is 1070. The van der Waals surface area contributed by atoms with E-state index in [0.29, 0.717) is 35.8 Å². The van der Waals surface area contributed by atoms with Crippen LogP contribution in [0.15, 0.2) is 53.5 Å². The Kier molecular flexibility index (Phi) is 8.40. The second kappa shape index (κ2) is 11.1. The summed E-state index contributed by atoms with van der Waals surface area (Å²) in [6, 6.07) is 10.7. The van der Waals surface area contributed by atoms with Gasteiger partial charge in [-0.2, -0.15) is 0 Å². The number of fused-ring (bicyclic) bond motifs is 1. The summed E-state index contributed by atoms with van der Waals surface area (Å²) in [7, 11) is 1.93. The summed E-state index contributed by atoms with van der Waals surface area (Å²) in [6.07, 6.45) is 6.59. The first-order valence-corrected chi connectivity index (χ1v) is 12.2. The summed E-state index contributed by atoms with van der Waals surface area (Å²) in [6.45, 7) is 9.19. The second-order valence-electron chi connectivity index (χ2n) is 9.69. The van der Waals surface area contributed by atoms with E-state index in [4.69, 9.17) is 0 Å². The van der Waals surface area contributed by atoms with Crippen molar-refractivity contribution in [1.82, 2.24) is 0 Å². The second-order valence-corrected chi connectivity index (χ2v) is 9.69. The highest BCUT2D eigenvalue weighted by Gasteiger charge is 2.25. The van der Waals surface area contributed by atoms with Crippen molar-refractivity contribution in [3.05, 3.63) is 70.8 Å². The average Bonchev–Trinajstić information content (AvgIpc) is 3.20. The maximum Gasteiger partial charge on any atom is 0.270 e. The monoisotopic (exact) mass is 466 g/mol. The molecule has 0 amide bonds. The molecule has 0 bridgehead atoms. The molecule has 1 heterocycles. The van der Waals surface area contributed by atoms with Crippen LogP contribution in [0.4, 0.5) is 20.2 Å². The number of benzene rings is 2. The maximum absolute atomic E-state index is 13.6. The number of nitrogens with zero attached hydrogens (tertiary/aromatic N) is 1. The lowest BCUT2D eigenvalue weighted by Gasteiger charge is -2.16. The topological polar surface area (TPSA) is 41.5 Å². The van der Waals surface area contributed by atoms with E-state index in [-0.39, 0.29) is 11.3 Å². The summed E-state index contributed by atoms with van der Waals surface area (Å²) in [5, 5.41) is 3.27. The molecule has 1 unspecified atom stereocenters. The minimum atomic E-state index is -2.89. The number of hydrogen-bond donors (Lipinski definition) is 1. The number of aliphatic imine (C=N–C) groups is 1. The highest BCUT2D eigenvalue weighted by Crippen LogP contribution is 2.42. The van der Waals surface area contributed by atoms with E-state index in [1.165, 1.54) is 23.3 Å². The Morgan fingerprint density at radius 3 is 2.62 bits per heavy atom. The molecular weight excluding hydrogens is 430 g/mol. The van der Waals surface area contributed by atoms with Crippen LogP contribution in [0.2, 0.25) is 0 Å². The van der Waals surface area contributed by atoms with Gasteiger partial charge in [-0.25, -0.2) is 8.78 Å². The van der Waals surface area contributed by atoms with Crippen LogP contribution in [-0.4, -0.2) is 19.0 Å². The Balaban J connectivity index is 1.46. The van der Waals surface area contributed by atoms with Crippen LogP contribution in [0, 0.1) is 0 Å². The summed E-state index contributed by atoms with van der Waals surface area (Å²) in [4.78, 5) is 17.2. The number of alkyl halides is 2. The fourth-order valence-corrected chi connectivity index (χ4v) is 4.41. The zero-order valence-corrected chi connectivity index (χ0v) is 20.8. The van der Waals surface area contributed by atoms with Gasteiger partial charge >= 0.3 is 0 Å². The Morgan fingerprint density at radius 2 is 1.94 bits per heavy atom. The molecule has 1 N–H and O–H groups in total. The molecule has 3 nitrogen and oxygen atoms in total. The van der Waals surface area contributed by atoms with Gasteiger partial charge in [-0.1, -0.05) is 57.5 Å². The molecule has 182 valence electrons. The normalized spacial score (nSPS) is 15.0. The molecule has 1 aliphatic rings. The van der Waals surface area contributed by atoms with Gasteiger partial charge in [0.25, 0.3) is 5.92 Å². The highest BCUT2D eigenvalue weighted by molar-refractivity contribution is 5.95. The Hall–Kier alpha value is -2.82. The summed E-state index contributed by atoms with van der Waals surface area (Å²) in [5.74, 6) is -2.10. The number of Topliss-reactive ketones (excluding diaryl/α,β-unsaturated/α-hetero) is 1. The minimum absolute atomic E-state index is 0.0154. The average molecular weight is 467 g/mol. The van der Waals surface area contributed by atoms with E-state index in [1.54, 1.807) is 12.1 Å². The Labute approximate surface area is 202 Å². The van der Waals surface area contributed by atoms with Crippen LogP contribution in [-0.2, 0) is 17.1 Å². The highest BCUT2D eigenvalue weighted by atomic mass is 19.3. The predicted octanol–water partition coefficient (Wildman–Crippen LogP) is 8.08. The fraction of sp³-hybridized carbons (Fsp3) is 0.448. The van der Waals surface area contributed by atoms with Crippen LogP contribution in [0.1, 0.15) is 87.0 Å². The van der Waals surface area contributed by atoms with Crippen molar-refractivity contribution < 1.29 is 13.6 Å². The summed E-state index contributed by atoms with van der Waals surface area (Å²) >= 11 is 0. The predicted molar refractivity (Wildman–Crippen MR) is 138 cm³/mol. The summed E-state index contributed by atoms with van der Waals surface area (Å²) < 4.78 is 27.1. The molecule has 0 spiro atoms. The number of hydrogen-bond acceptors (Lipinski definition) is 3. The lowest BCUT2D eigenvalue weighted by molar-refractivity contribution is -0.115. The van der Waals surface area contributed by atoms with Crippen molar-refractivity contribution in [1.29, 1.82) is 0 Å². The number of unbranched alkanes of at least 4 members (excludes halogenated alkanes) is 2. The lowest BCUT2D eigenvalue weighted by Crippen LogP contribution is -2.08. The third kappa shape index (κ3) is 6.40. The van der Waals surface area contributed by atoms with Crippen molar-refractivity contribution in [2.24, 2.45) is 4.99 Å². The number of anilines is 1. The van der Waals surface area contributed by atoms with Gasteiger partial charge in [0.2, 0.25) is 0 Å². The van der Waals surface area contributed by atoms with Gasteiger partial charge < -0.3 is 5.32 Å². The van der Waals surface area contributed by atoms with E-state index in [2.05, 4.69) is 49.1 Å². The van der Waals surface area contributed by atoms with Crippen LogP contribution in [0.25, 0.3) is 0 Å². The van der Waals surface area contributed by atoms with Gasteiger partial charge in [-0.05, 0) is 53.2 Å². The zero-order valence-electron chi connectivity index (χ0n) is 20.8. The van der Waals surface area contributed by atoms with Gasteiger partial charge in [0.05, 0.1) is 11.4 Å². The van der Waals surface area contributed by atoms with E-state index in [1.807, 2.05) is 7.05 Å². The number of carbonyl (C=O) groups excluding carboxylic acids is 1. The Morgan fingerprint density at radius 1 is 1.18 bits per heavy atom. The van der Waals surface area contributed by atoms with Crippen LogP contribution in [0.3, 0.4) is 0 Å². The minimum Gasteiger partial charge on any atom is -0.386 e. The van der Waals surface area contributed by atoms with Gasteiger partial charge in [0, 0.05) is 44.5 Å². The smallest absolute Gasteiger partial charge is 0.270 e. The van der Waals surface area contributed by atoms with E-state index >= 15 is 0 Å².